The number of nitrogens with one attached hydrogen (secondary N) is 1. The lowest BCUT2D eigenvalue weighted by Crippen LogP contribution is -2.46. The number of β-amino-alcohol motifs (C(OH)–C–C–N with tert-alkyl or cyclic N) is 1. The smallest absolute Gasteiger partial charge is 0.391 e. The Morgan fingerprint density at radius 2 is 2.19 bits per heavy atom. The van der Waals surface area contributed by atoms with Gasteiger partial charge in [0.15, 0.2) is 0 Å². The molecule has 94 valence electrons. The van der Waals surface area contributed by atoms with Crippen LogP contribution in [0.4, 0.5) is 13.2 Å². The first-order chi connectivity index (χ1) is 7.38. The zero-order valence-corrected chi connectivity index (χ0v) is 8.76. The molecule has 1 atom stereocenters. The highest BCUT2D eigenvalue weighted by Gasteiger charge is 2.27. The van der Waals surface area contributed by atoms with E-state index in [0.717, 1.165) is 0 Å². The zero-order valence-electron chi connectivity index (χ0n) is 8.76. The molecule has 0 aromatic rings. The first-order valence-corrected chi connectivity index (χ1v) is 5.12. The van der Waals surface area contributed by atoms with E-state index in [1.54, 1.807) is 0 Å². The topological polar surface area (TPSA) is 52.6 Å². The molecular weight excluding hydrogens is 225 g/mol. The minimum atomic E-state index is -4.30. The van der Waals surface area contributed by atoms with E-state index in [1.165, 1.54) is 4.90 Å². The third kappa shape index (κ3) is 4.80. The van der Waals surface area contributed by atoms with Crippen LogP contribution < -0.4 is 5.32 Å². The van der Waals surface area contributed by atoms with Gasteiger partial charge in [-0.1, -0.05) is 0 Å². The number of nitrogens with zero attached hydrogens (tertiary/aromatic N) is 1. The molecule has 16 heavy (non-hydrogen) atoms. The predicted molar refractivity (Wildman–Crippen MR) is 50.7 cm³/mol. The van der Waals surface area contributed by atoms with Crippen molar-refractivity contribution in [2.45, 2.75) is 25.1 Å². The van der Waals surface area contributed by atoms with E-state index >= 15 is 0 Å². The molecule has 1 fully saturated rings. The number of hydrogen-bond acceptors (Lipinski definition) is 3. The van der Waals surface area contributed by atoms with Gasteiger partial charge in [-0.15, -0.1) is 0 Å². The number of halogens is 3. The maximum atomic E-state index is 11.8. The molecule has 1 heterocycles. The number of hydrogen-bond donors (Lipinski definition) is 2. The second-order valence-corrected chi connectivity index (χ2v) is 3.85. The van der Waals surface area contributed by atoms with Crippen molar-refractivity contribution in [2.24, 2.45) is 0 Å². The maximum absolute atomic E-state index is 11.8. The Bertz CT molecular complexity index is 245. The molecule has 0 aromatic carbocycles. The lowest BCUT2D eigenvalue weighted by molar-refractivity contribution is -0.136. The summed E-state index contributed by atoms with van der Waals surface area (Å²) in [6.45, 7) is -0.794. The molecule has 0 aromatic heterocycles. The molecule has 0 saturated carbocycles. The number of alkyl halides is 3. The van der Waals surface area contributed by atoms with Crippen LogP contribution in [0.5, 0.6) is 0 Å². The van der Waals surface area contributed by atoms with E-state index in [-0.39, 0.29) is 13.1 Å². The highest BCUT2D eigenvalue weighted by atomic mass is 19.4. The lowest BCUT2D eigenvalue weighted by atomic mass is 10.1. The Kier molecular flexibility index (Phi) is 4.55. The molecule has 1 amide bonds. The second kappa shape index (κ2) is 5.49. The summed E-state index contributed by atoms with van der Waals surface area (Å²) in [5.74, 6) is -0.400. The highest BCUT2D eigenvalue weighted by Crippen LogP contribution is 2.12. The third-order valence-electron chi connectivity index (χ3n) is 2.35. The van der Waals surface area contributed by atoms with E-state index in [9.17, 15) is 23.1 Å². The number of amides is 1. The minimum Gasteiger partial charge on any atom is -0.391 e. The van der Waals surface area contributed by atoms with Crippen LogP contribution in [0.3, 0.4) is 0 Å². The predicted octanol–water partition coefficient (Wildman–Crippen LogP) is 0.122. The van der Waals surface area contributed by atoms with Crippen molar-refractivity contribution in [3.8, 4) is 0 Å². The van der Waals surface area contributed by atoms with E-state index in [4.69, 9.17) is 0 Å². The summed E-state index contributed by atoms with van der Waals surface area (Å²) in [4.78, 5) is 12.8. The largest absolute Gasteiger partial charge is 0.401 e. The zero-order chi connectivity index (χ0) is 12.2. The molecule has 0 unspecified atom stereocenters. The lowest BCUT2D eigenvalue weighted by Gasteiger charge is -2.30. The van der Waals surface area contributed by atoms with Gasteiger partial charge in [0, 0.05) is 13.1 Å². The molecule has 0 aliphatic carbocycles. The van der Waals surface area contributed by atoms with Crippen LogP contribution in [0.25, 0.3) is 0 Å². The molecule has 1 saturated heterocycles. The van der Waals surface area contributed by atoms with Gasteiger partial charge in [0.25, 0.3) is 0 Å². The van der Waals surface area contributed by atoms with Gasteiger partial charge in [-0.05, 0) is 12.8 Å². The van der Waals surface area contributed by atoms with Gasteiger partial charge in [0.05, 0.1) is 19.2 Å². The van der Waals surface area contributed by atoms with E-state index in [2.05, 4.69) is 0 Å². The summed E-state index contributed by atoms with van der Waals surface area (Å²) >= 11 is 0. The van der Waals surface area contributed by atoms with Gasteiger partial charge < -0.3 is 15.3 Å². The van der Waals surface area contributed by atoms with Crippen LogP contribution in [0.1, 0.15) is 12.8 Å². The number of piperidine rings is 1. The SMILES string of the molecule is O=C(CNCC(F)(F)F)N1CCC[C@H](O)C1. The molecule has 1 aliphatic rings. The Morgan fingerprint density at radius 3 is 2.75 bits per heavy atom. The molecule has 0 spiro atoms. The van der Waals surface area contributed by atoms with Crippen molar-refractivity contribution in [1.82, 2.24) is 10.2 Å². The van der Waals surface area contributed by atoms with Crippen molar-refractivity contribution in [3.05, 3.63) is 0 Å². The average Bonchev–Trinajstić information content (AvgIpc) is 2.15. The number of aliphatic hydroxyl groups excluding tert-OH is 1. The third-order valence-corrected chi connectivity index (χ3v) is 2.35. The van der Waals surface area contributed by atoms with Crippen molar-refractivity contribution in [1.29, 1.82) is 0 Å². The van der Waals surface area contributed by atoms with Gasteiger partial charge in [-0.3, -0.25) is 4.79 Å². The standard InChI is InChI=1S/C9H15F3N2O2/c10-9(11,12)6-13-4-8(16)14-3-1-2-7(15)5-14/h7,13,15H,1-6H2/t7-/m0/s1. The van der Waals surface area contributed by atoms with Crippen LogP contribution in [0.15, 0.2) is 0 Å². The molecular formula is C9H15F3N2O2. The van der Waals surface area contributed by atoms with Crippen LogP contribution in [-0.4, -0.2) is 54.4 Å². The van der Waals surface area contributed by atoms with Crippen molar-refractivity contribution >= 4 is 5.91 Å². The number of carbonyl (C=O) groups is 1. The fourth-order valence-corrected chi connectivity index (χ4v) is 1.60. The Labute approximate surface area is 91.4 Å². The first-order valence-electron chi connectivity index (χ1n) is 5.12. The Morgan fingerprint density at radius 1 is 1.50 bits per heavy atom. The van der Waals surface area contributed by atoms with E-state index < -0.39 is 24.7 Å². The summed E-state index contributed by atoms with van der Waals surface area (Å²) in [6, 6.07) is 0. The molecule has 0 radical (unpaired) electrons. The maximum Gasteiger partial charge on any atom is 0.401 e. The summed E-state index contributed by atoms with van der Waals surface area (Å²) in [6.07, 6.45) is -3.53. The molecule has 4 nitrogen and oxygen atoms in total. The monoisotopic (exact) mass is 240 g/mol. The van der Waals surface area contributed by atoms with Crippen molar-refractivity contribution in [2.75, 3.05) is 26.2 Å². The summed E-state index contributed by atoms with van der Waals surface area (Å²) in [7, 11) is 0. The molecule has 2 N–H and O–H groups in total. The summed E-state index contributed by atoms with van der Waals surface area (Å²) in [5, 5.41) is 11.3. The first kappa shape index (κ1) is 13.2. The van der Waals surface area contributed by atoms with Gasteiger partial charge in [-0.2, -0.15) is 13.2 Å². The van der Waals surface area contributed by atoms with Gasteiger partial charge in [0.1, 0.15) is 0 Å². The van der Waals surface area contributed by atoms with E-state index in [1.807, 2.05) is 5.32 Å². The quantitative estimate of drug-likeness (QED) is 0.737. The summed E-state index contributed by atoms with van der Waals surface area (Å²) < 4.78 is 35.3. The molecule has 1 aliphatic heterocycles. The second-order valence-electron chi connectivity index (χ2n) is 3.85. The van der Waals surface area contributed by atoms with Crippen LogP contribution in [0.2, 0.25) is 0 Å². The number of aliphatic hydroxyl groups is 1. The fourth-order valence-electron chi connectivity index (χ4n) is 1.60. The minimum absolute atomic E-state index is 0.215. The van der Waals surface area contributed by atoms with Gasteiger partial charge in [-0.25, -0.2) is 0 Å². The molecule has 7 heteroatoms. The van der Waals surface area contributed by atoms with Crippen molar-refractivity contribution in [3.63, 3.8) is 0 Å². The number of rotatable bonds is 3. The Hall–Kier alpha value is -0.820. The molecule has 1 rings (SSSR count). The highest BCUT2D eigenvalue weighted by molar-refractivity contribution is 5.78. The molecule has 0 bridgehead atoms. The normalized spacial score (nSPS) is 22.2. The fraction of sp³-hybridized carbons (Fsp3) is 0.889. The van der Waals surface area contributed by atoms with Crippen LogP contribution in [0, 0.1) is 0 Å². The summed E-state index contributed by atoms with van der Waals surface area (Å²) in [5.41, 5.74) is 0. The Balaban J connectivity index is 2.24. The van der Waals surface area contributed by atoms with Crippen LogP contribution >= 0.6 is 0 Å². The van der Waals surface area contributed by atoms with E-state index in [0.29, 0.717) is 19.4 Å². The van der Waals surface area contributed by atoms with Gasteiger partial charge in [0.2, 0.25) is 5.91 Å². The van der Waals surface area contributed by atoms with Gasteiger partial charge >= 0.3 is 6.18 Å². The average molecular weight is 240 g/mol. The van der Waals surface area contributed by atoms with Crippen LogP contribution in [-0.2, 0) is 4.79 Å². The number of likely N-dealkylation sites (tertiary alicyclic amines) is 1. The number of carbonyl (C=O) groups excluding carboxylic acids is 1. The van der Waals surface area contributed by atoms with Crippen molar-refractivity contribution < 1.29 is 23.1 Å².